The molecule has 1 saturated heterocycles. The van der Waals surface area contributed by atoms with Crippen LogP contribution in [0.3, 0.4) is 0 Å². The van der Waals surface area contributed by atoms with Crippen LogP contribution in [-0.2, 0) is 11.3 Å². The molecule has 0 atom stereocenters. The van der Waals surface area contributed by atoms with E-state index >= 15 is 0 Å². The Morgan fingerprint density at radius 3 is 2.40 bits per heavy atom. The first kappa shape index (κ1) is 16.5. The molecule has 1 amide bonds. The van der Waals surface area contributed by atoms with Gasteiger partial charge in [-0.05, 0) is 30.2 Å². The SMILES string of the molecule is C.CC(C)C1CCN(C(=O)OCc2ccccc2)CC1. The Hall–Kier alpha value is -1.51. The van der Waals surface area contributed by atoms with E-state index in [0.717, 1.165) is 37.4 Å². The molecular formula is C17H27NO2. The van der Waals surface area contributed by atoms with Crippen molar-refractivity contribution >= 4 is 6.09 Å². The minimum absolute atomic E-state index is 0. The molecule has 3 nitrogen and oxygen atoms in total. The lowest BCUT2D eigenvalue weighted by Crippen LogP contribution is -2.39. The summed E-state index contributed by atoms with van der Waals surface area (Å²) in [6, 6.07) is 9.81. The zero-order valence-corrected chi connectivity index (χ0v) is 11.8. The van der Waals surface area contributed by atoms with Gasteiger partial charge >= 0.3 is 6.09 Å². The number of carbonyl (C=O) groups excluding carboxylic acids is 1. The van der Waals surface area contributed by atoms with E-state index in [4.69, 9.17) is 4.74 Å². The highest BCUT2D eigenvalue weighted by atomic mass is 16.6. The Balaban J connectivity index is 0.00000200. The summed E-state index contributed by atoms with van der Waals surface area (Å²) in [5.74, 6) is 1.46. The molecule has 1 fully saturated rings. The van der Waals surface area contributed by atoms with Crippen molar-refractivity contribution in [3.05, 3.63) is 35.9 Å². The van der Waals surface area contributed by atoms with Crippen molar-refractivity contribution < 1.29 is 9.53 Å². The lowest BCUT2D eigenvalue weighted by atomic mass is 9.87. The first-order chi connectivity index (χ1) is 9.16. The summed E-state index contributed by atoms with van der Waals surface area (Å²) in [4.78, 5) is 13.8. The Morgan fingerprint density at radius 1 is 1.25 bits per heavy atom. The maximum absolute atomic E-state index is 12.0. The first-order valence-corrected chi connectivity index (χ1v) is 7.12. The molecular weight excluding hydrogens is 250 g/mol. The third kappa shape index (κ3) is 4.55. The largest absolute Gasteiger partial charge is 0.445 e. The van der Waals surface area contributed by atoms with Gasteiger partial charge in [-0.1, -0.05) is 51.6 Å². The van der Waals surface area contributed by atoms with Gasteiger partial charge in [0.1, 0.15) is 6.61 Å². The fraction of sp³-hybridized carbons (Fsp3) is 0.588. The standard InChI is InChI=1S/C16H23NO2.CH4/c1-13(2)15-8-10-17(11-9-15)16(18)19-12-14-6-4-3-5-7-14;/h3-7,13,15H,8-12H2,1-2H3;1H4. The fourth-order valence-electron chi connectivity index (χ4n) is 2.56. The number of carbonyl (C=O) groups is 1. The molecule has 0 unspecified atom stereocenters. The Labute approximate surface area is 122 Å². The summed E-state index contributed by atoms with van der Waals surface area (Å²) in [5.41, 5.74) is 1.04. The number of amides is 1. The molecule has 0 saturated carbocycles. The Kier molecular flexibility index (Phi) is 6.56. The zero-order chi connectivity index (χ0) is 13.7. The van der Waals surface area contributed by atoms with Gasteiger partial charge in [-0.25, -0.2) is 4.79 Å². The molecule has 1 aromatic carbocycles. The van der Waals surface area contributed by atoms with Gasteiger partial charge in [0, 0.05) is 13.1 Å². The number of likely N-dealkylation sites (tertiary alicyclic amines) is 1. The van der Waals surface area contributed by atoms with E-state index in [9.17, 15) is 4.79 Å². The predicted octanol–water partition coefficient (Wildman–Crippen LogP) is 4.33. The molecule has 0 bridgehead atoms. The van der Waals surface area contributed by atoms with Crippen LogP contribution in [-0.4, -0.2) is 24.1 Å². The van der Waals surface area contributed by atoms with Gasteiger partial charge in [0.05, 0.1) is 0 Å². The number of piperidine rings is 1. The molecule has 112 valence electrons. The van der Waals surface area contributed by atoms with Crippen LogP contribution in [0.5, 0.6) is 0 Å². The molecule has 0 aliphatic carbocycles. The number of nitrogens with zero attached hydrogens (tertiary/aromatic N) is 1. The monoisotopic (exact) mass is 277 g/mol. The number of hydrogen-bond donors (Lipinski definition) is 0. The summed E-state index contributed by atoms with van der Waals surface area (Å²) in [5, 5.41) is 0. The van der Waals surface area contributed by atoms with Crippen LogP contribution in [0.25, 0.3) is 0 Å². The van der Waals surface area contributed by atoms with Crippen molar-refractivity contribution in [3.63, 3.8) is 0 Å². The minimum atomic E-state index is -0.175. The summed E-state index contributed by atoms with van der Waals surface area (Å²) in [6.45, 7) is 6.54. The molecule has 0 aromatic heterocycles. The van der Waals surface area contributed by atoms with Crippen LogP contribution in [0.4, 0.5) is 4.79 Å². The quantitative estimate of drug-likeness (QED) is 0.823. The molecule has 1 aromatic rings. The van der Waals surface area contributed by atoms with Crippen LogP contribution in [0, 0.1) is 11.8 Å². The van der Waals surface area contributed by atoms with E-state index in [1.165, 1.54) is 0 Å². The number of rotatable bonds is 3. The number of benzene rings is 1. The Morgan fingerprint density at radius 2 is 1.85 bits per heavy atom. The minimum Gasteiger partial charge on any atom is -0.445 e. The van der Waals surface area contributed by atoms with Gasteiger partial charge in [-0.2, -0.15) is 0 Å². The van der Waals surface area contributed by atoms with Gasteiger partial charge in [-0.15, -0.1) is 0 Å². The molecule has 1 aliphatic heterocycles. The lowest BCUT2D eigenvalue weighted by molar-refractivity contribution is 0.0776. The normalized spacial score (nSPS) is 15.8. The van der Waals surface area contributed by atoms with E-state index in [-0.39, 0.29) is 13.5 Å². The van der Waals surface area contributed by atoms with E-state index in [2.05, 4.69) is 13.8 Å². The second-order valence-electron chi connectivity index (χ2n) is 5.61. The second kappa shape index (κ2) is 7.93. The van der Waals surface area contributed by atoms with Crippen LogP contribution in [0.1, 0.15) is 39.7 Å². The second-order valence-corrected chi connectivity index (χ2v) is 5.61. The van der Waals surface area contributed by atoms with Crippen LogP contribution < -0.4 is 0 Å². The van der Waals surface area contributed by atoms with Gasteiger partial charge in [-0.3, -0.25) is 0 Å². The average Bonchev–Trinajstić information content (AvgIpc) is 2.46. The zero-order valence-electron chi connectivity index (χ0n) is 11.8. The summed E-state index contributed by atoms with van der Waals surface area (Å²) in [6.07, 6.45) is 2.02. The van der Waals surface area contributed by atoms with Crippen LogP contribution >= 0.6 is 0 Å². The number of ether oxygens (including phenoxy) is 1. The van der Waals surface area contributed by atoms with Crippen molar-refractivity contribution in [2.45, 2.75) is 40.7 Å². The van der Waals surface area contributed by atoms with Crippen molar-refractivity contribution in [2.24, 2.45) is 11.8 Å². The summed E-state index contributed by atoms with van der Waals surface area (Å²) >= 11 is 0. The molecule has 1 aliphatic rings. The van der Waals surface area contributed by atoms with Gasteiger partial charge in [0.25, 0.3) is 0 Å². The Bertz CT molecular complexity index is 395. The van der Waals surface area contributed by atoms with E-state index in [0.29, 0.717) is 12.5 Å². The maximum Gasteiger partial charge on any atom is 0.410 e. The fourth-order valence-corrected chi connectivity index (χ4v) is 2.56. The van der Waals surface area contributed by atoms with Gasteiger partial charge in [0.15, 0.2) is 0 Å². The van der Waals surface area contributed by atoms with Crippen molar-refractivity contribution in [3.8, 4) is 0 Å². The van der Waals surface area contributed by atoms with Crippen LogP contribution in [0.2, 0.25) is 0 Å². The van der Waals surface area contributed by atoms with Crippen molar-refractivity contribution in [1.29, 1.82) is 0 Å². The molecule has 0 N–H and O–H groups in total. The smallest absolute Gasteiger partial charge is 0.410 e. The highest BCUT2D eigenvalue weighted by Crippen LogP contribution is 2.24. The molecule has 0 radical (unpaired) electrons. The average molecular weight is 277 g/mol. The number of hydrogen-bond acceptors (Lipinski definition) is 2. The highest BCUT2D eigenvalue weighted by Gasteiger charge is 2.25. The van der Waals surface area contributed by atoms with Crippen molar-refractivity contribution in [2.75, 3.05) is 13.1 Å². The molecule has 1 heterocycles. The third-order valence-electron chi connectivity index (χ3n) is 3.95. The van der Waals surface area contributed by atoms with Crippen molar-refractivity contribution in [1.82, 2.24) is 4.90 Å². The van der Waals surface area contributed by atoms with E-state index in [1.54, 1.807) is 0 Å². The first-order valence-electron chi connectivity index (χ1n) is 7.12. The highest BCUT2D eigenvalue weighted by molar-refractivity contribution is 5.67. The molecule has 0 spiro atoms. The molecule has 20 heavy (non-hydrogen) atoms. The van der Waals surface area contributed by atoms with E-state index < -0.39 is 0 Å². The van der Waals surface area contributed by atoms with E-state index in [1.807, 2.05) is 35.2 Å². The predicted molar refractivity (Wildman–Crippen MR) is 82.5 cm³/mol. The summed E-state index contributed by atoms with van der Waals surface area (Å²) in [7, 11) is 0. The van der Waals surface area contributed by atoms with Crippen LogP contribution in [0.15, 0.2) is 30.3 Å². The molecule has 2 rings (SSSR count). The topological polar surface area (TPSA) is 29.5 Å². The molecule has 3 heteroatoms. The lowest BCUT2D eigenvalue weighted by Gasteiger charge is -2.33. The van der Waals surface area contributed by atoms with Gasteiger partial charge < -0.3 is 9.64 Å². The van der Waals surface area contributed by atoms with Gasteiger partial charge in [0.2, 0.25) is 0 Å². The maximum atomic E-state index is 12.0. The summed E-state index contributed by atoms with van der Waals surface area (Å²) < 4.78 is 5.35. The third-order valence-corrected chi connectivity index (χ3v) is 3.95.